The molecule has 0 radical (unpaired) electrons. The lowest BCUT2D eigenvalue weighted by atomic mass is 9.54. The van der Waals surface area contributed by atoms with E-state index in [2.05, 4.69) is 30.4 Å². The minimum absolute atomic E-state index is 0.220. The Balaban J connectivity index is 1.21. The summed E-state index contributed by atoms with van der Waals surface area (Å²) in [6.07, 6.45) is 5.97. The van der Waals surface area contributed by atoms with Gasteiger partial charge < -0.3 is 9.47 Å². The number of ketones is 1. The minimum atomic E-state index is -0.516. The summed E-state index contributed by atoms with van der Waals surface area (Å²) in [6, 6.07) is 11.4. The molecule has 0 spiro atoms. The molecular weight excluding hydrogens is 497 g/mol. The number of ether oxygens (including phenoxy) is 2. The molecule has 0 unspecified atom stereocenters. The van der Waals surface area contributed by atoms with Gasteiger partial charge in [0.1, 0.15) is 11.5 Å². The molecule has 1 amide bonds. The van der Waals surface area contributed by atoms with Crippen LogP contribution in [0.5, 0.6) is 5.75 Å². The van der Waals surface area contributed by atoms with Gasteiger partial charge in [0.15, 0.2) is 0 Å². The van der Waals surface area contributed by atoms with E-state index < -0.39 is 6.09 Å². The van der Waals surface area contributed by atoms with Crippen LogP contribution in [0.2, 0.25) is 10.0 Å². The van der Waals surface area contributed by atoms with Crippen LogP contribution >= 0.6 is 23.2 Å². The number of nitrogens with one attached hydrogen (secondary N) is 1. The van der Waals surface area contributed by atoms with Gasteiger partial charge in [-0.25, -0.2) is 4.79 Å². The van der Waals surface area contributed by atoms with E-state index in [1.165, 1.54) is 11.1 Å². The maximum atomic E-state index is 13.2. The van der Waals surface area contributed by atoms with Crippen molar-refractivity contribution in [1.29, 1.82) is 0 Å². The Labute approximate surface area is 222 Å². The summed E-state index contributed by atoms with van der Waals surface area (Å²) in [7, 11) is 1.72. The first-order valence-electron chi connectivity index (χ1n) is 12.9. The van der Waals surface area contributed by atoms with Crippen LogP contribution in [0.3, 0.4) is 0 Å². The number of Topliss-reactive ketones (excluding diaryl/α,β-unsaturated/α-hetero) is 1. The minimum Gasteiger partial charge on any atom is -0.497 e. The van der Waals surface area contributed by atoms with E-state index in [9.17, 15) is 9.59 Å². The summed E-state index contributed by atoms with van der Waals surface area (Å²) >= 11 is 11.9. The first kappa shape index (κ1) is 25.4. The Bertz CT molecular complexity index is 1170. The zero-order valence-corrected chi connectivity index (χ0v) is 22.3. The molecule has 0 aliphatic heterocycles. The number of anilines is 1. The number of rotatable bonds is 6. The summed E-state index contributed by atoms with van der Waals surface area (Å²) in [5, 5.41) is 3.49. The molecule has 1 N–H and O–H groups in total. The van der Waals surface area contributed by atoms with Gasteiger partial charge in [-0.05, 0) is 104 Å². The number of fused-ring (bicyclic) bond motifs is 5. The van der Waals surface area contributed by atoms with Crippen molar-refractivity contribution >= 4 is 40.8 Å². The average Bonchev–Trinajstić information content (AvgIpc) is 3.13. The van der Waals surface area contributed by atoms with E-state index in [0.29, 0.717) is 58.2 Å². The van der Waals surface area contributed by atoms with E-state index in [-0.39, 0.29) is 5.41 Å². The first-order valence-corrected chi connectivity index (χ1v) is 13.6. The molecule has 3 aliphatic rings. The molecule has 5 nitrogen and oxygen atoms in total. The Hall–Kier alpha value is -2.24. The zero-order chi connectivity index (χ0) is 25.4. The quantitative estimate of drug-likeness (QED) is 0.389. The third-order valence-electron chi connectivity index (χ3n) is 8.90. The highest BCUT2D eigenvalue weighted by atomic mass is 35.5. The highest BCUT2D eigenvalue weighted by Gasteiger charge is 2.58. The van der Waals surface area contributed by atoms with Crippen molar-refractivity contribution in [3.63, 3.8) is 0 Å². The number of methoxy groups -OCH3 is 1. The second-order valence-electron chi connectivity index (χ2n) is 10.8. The Morgan fingerprint density at radius 1 is 1.14 bits per heavy atom. The number of aryl methyl sites for hydroxylation is 1. The fourth-order valence-corrected chi connectivity index (χ4v) is 7.55. The largest absolute Gasteiger partial charge is 0.497 e. The van der Waals surface area contributed by atoms with E-state index in [1.54, 1.807) is 25.3 Å². The van der Waals surface area contributed by atoms with Crippen LogP contribution in [0.4, 0.5) is 10.5 Å². The van der Waals surface area contributed by atoms with Crippen molar-refractivity contribution in [3.8, 4) is 5.75 Å². The van der Waals surface area contributed by atoms with Gasteiger partial charge in [0, 0.05) is 17.5 Å². The molecule has 0 saturated heterocycles. The summed E-state index contributed by atoms with van der Waals surface area (Å²) in [5.41, 5.74) is 3.17. The summed E-state index contributed by atoms with van der Waals surface area (Å²) < 4.78 is 10.9. The predicted octanol–water partition coefficient (Wildman–Crippen LogP) is 7.68. The molecule has 5 rings (SSSR count). The van der Waals surface area contributed by atoms with Crippen molar-refractivity contribution in [2.24, 2.45) is 23.2 Å². The van der Waals surface area contributed by atoms with Gasteiger partial charge >= 0.3 is 6.09 Å². The van der Waals surface area contributed by atoms with Gasteiger partial charge in [-0.3, -0.25) is 10.1 Å². The molecule has 2 saturated carbocycles. The molecule has 2 aromatic rings. The normalized spacial score (nSPS) is 28.6. The number of carbonyl (C=O) groups excluding carboxylic acids is 2. The van der Waals surface area contributed by atoms with E-state index in [4.69, 9.17) is 32.7 Å². The lowest BCUT2D eigenvalue weighted by Gasteiger charge is -2.50. The zero-order valence-electron chi connectivity index (χ0n) is 20.8. The number of hydrogen-bond acceptors (Lipinski definition) is 4. The highest BCUT2D eigenvalue weighted by Crippen LogP contribution is 2.62. The van der Waals surface area contributed by atoms with Crippen LogP contribution < -0.4 is 10.1 Å². The fourth-order valence-electron chi connectivity index (χ4n) is 7.25. The summed E-state index contributed by atoms with van der Waals surface area (Å²) in [5.74, 6) is 3.12. The van der Waals surface area contributed by atoms with Crippen LogP contribution in [0.15, 0.2) is 36.4 Å². The topological polar surface area (TPSA) is 64.6 Å². The SMILES string of the molecule is COc1ccc2c(c1)CC[C@H]1[C@@H]3[C@H](CCCOC(=O)Nc4ccc(Cl)c(Cl)c4)CC(=O)[C@@]3(C)CC[C@H]21. The molecule has 0 bridgehead atoms. The lowest BCUT2D eigenvalue weighted by molar-refractivity contribution is -0.129. The molecule has 7 heteroatoms. The third-order valence-corrected chi connectivity index (χ3v) is 9.63. The molecule has 192 valence electrons. The molecule has 2 fully saturated rings. The fraction of sp³-hybridized carbons (Fsp3) is 0.517. The first-order chi connectivity index (χ1) is 17.3. The number of carbonyl (C=O) groups is 2. The lowest BCUT2D eigenvalue weighted by Crippen LogP contribution is -2.44. The maximum Gasteiger partial charge on any atom is 0.411 e. The van der Waals surface area contributed by atoms with Crippen molar-refractivity contribution in [2.75, 3.05) is 19.0 Å². The maximum absolute atomic E-state index is 13.2. The van der Waals surface area contributed by atoms with Crippen LogP contribution in [-0.2, 0) is 16.0 Å². The Morgan fingerprint density at radius 2 is 1.97 bits per heavy atom. The number of halogens is 2. The van der Waals surface area contributed by atoms with Gasteiger partial charge in [0.25, 0.3) is 0 Å². The van der Waals surface area contributed by atoms with E-state index in [0.717, 1.165) is 44.3 Å². The molecular formula is C29H33Cl2NO4. The number of benzene rings is 2. The molecule has 2 aromatic carbocycles. The summed E-state index contributed by atoms with van der Waals surface area (Å²) in [4.78, 5) is 25.4. The average molecular weight is 530 g/mol. The van der Waals surface area contributed by atoms with Gasteiger partial charge in [-0.15, -0.1) is 0 Å². The van der Waals surface area contributed by atoms with E-state index in [1.807, 2.05) is 0 Å². The Morgan fingerprint density at radius 3 is 2.75 bits per heavy atom. The molecule has 0 aromatic heterocycles. The Kier molecular flexibility index (Phi) is 7.24. The summed E-state index contributed by atoms with van der Waals surface area (Å²) in [6.45, 7) is 2.53. The molecule has 0 heterocycles. The number of amides is 1. The predicted molar refractivity (Wildman–Crippen MR) is 142 cm³/mol. The second kappa shape index (κ2) is 10.3. The van der Waals surface area contributed by atoms with Crippen molar-refractivity contribution in [3.05, 3.63) is 57.6 Å². The van der Waals surface area contributed by atoms with Gasteiger partial charge in [-0.1, -0.05) is 36.2 Å². The van der Waals surface area contributed by atoms with Crippen molar-refractivity contribution < 1.29 is 19.1 Å². The van der Waals surface area contributed by atoms with Crippen LogP contribution in [-0.4, -0.2) is 25.6 Å². The van der Waals surface area contributed by atoms with Gasteiger partial charge in [-0.2, -0.15) is 0 Å². The van der Waals surface area contributed by atoms with Gasteiger partial charge in [0.05, 0.1) is 23.8 Å². The smallest absolute Gasteiger partial charge is 0.411 e. The monoisotopic (exact) mass is 529 g/mol. The van der Waals surface area contributed by atoms with Crippen molar-refractivity contribution in [1.82, 2.24) is 0 Å². The van der Waals surface area contributed by atoms with E-state index >= 15 is 0 Å². The highest BCUT2D eigenvalue weighted by molar-refractivity contribution is 6.42. The molecule has 36 heavy (non-hydrogen) atoms. The van der Waals surface area contributed by atoms with Crippen LogP contribution in [0, 0.1) is 23.2 Å². The van der Waals surface area contributed by atoms with Crippen LogP contribution in [0.25, 0.3) is 0 Å². The second-order valence-corrected chi connectivity index (χ2v) is 11.6. The number of hydrogen-bond donors (Lipinski definition) is 1. The van der Waals surface area contributed by atoms with Gasteiger partial charge in [0.2, 0.25) is 0 Å². The third kappa shape index (κ3) is 4.72. The molecule has 3 aliphatic carbocycles. The van der Waals surface area contributed by atoms with Crippen LogP contribution in [0.1, 0.15) is 62.5 Å². The standard InChI is InChI=1S/C29H33Cl2NO4/c1-29-12-11-22-21-9-7-20(35-2)14-17(21)5-8-23(22)27(29)18(15-26(29)33)4-3-13-36-28(34)32-19-6-10-24(30)25(31)16-19/h6-7,9-10,14,16,18,22-23,27H,3-5,8,11-13,15H2,1-2H3,(H,32,34)/t18-,22-,23-,27+,29-/m1/s1. The molecule has 5 atom stereocenters. The van der Waals surface area contributed by atoms with Crippen molar-refractivity contribution in [2.45, 2.75) is 57.8 Å².